The number of nitrogens with two attached hydrogens (primary N) is 1. The highest BCUT2D eigenvalue weighted by atomic mass is 16.5. The number of hydrogen-bond donors (Lipinski definition) is 1. The van der Waals surface area contributed by atoms with Crippen molar-refractivity contribution in [3.05, 3.63) is 29.8 Å². The lowest BCUT2D eigenvalue weighted by molar-refractivity contribution is 0.196. The van der Waals surface area contributed by atoms with Crippen LogP contribution in [0.5, 0.6) is 5.75 Å². The van der Waals surface area contributed by atoms with E-state index in [1.165, 1.54) is 5.56 Å². The molecule has 2 heteroatoms. The molecule has 2 atom stereocenters. The summed E-state index contributed by atoms with van der Waals surface area (Å²) < 4.78 is 5.74. The van der Waals surface area contributed by atoms with E-state index in [2.05, 4.69) is 26.0 Å². The molecule has 0 aliphatic rings. The van der Waals surface area contributed by atoms with Gasteiger partial charge >= 0.3 is 0 Å². The van der Waals surface area contributed by atoms with Crippen LogP contribution in [0.4, 0.5) is 0 Å². The minimum absolute atomic E-state index is 0.0485. The van der Waals surface area contributed by atoms with Crippen molar-refractivity contribution in [2.75, 3.05) is 0 Å². The molecule has 0 aliphatic carbocycles. The first-order valence-electron chi connectivity index (χ1n) is 5.53. The maximum Gasteiger partial charge on any atom is 0.120 e. The highest BCUT2D eigenvalue weighted by Crippen LogP contribution is 2.21. The second-order valence-corrected chi connectivity index (χ2v) is 4.41. The van der Waals surface area contributed by atoms with Crippen molar-refractivity contribution in [1.29, 1.82) is 0 Å². The first kappa shape index (κ1) is 12.1. The maximum atomic E-state index is 5.76. The van der Waals surface area contributed by atoms with Gasteiger partial charge in [0.1, 0.15) is 11.9 Å². The second kappa shape index (κ2) is 5.17. The fourth-order valence-corrected chi connectivity index (χ4v) is 1.27. The molecule has 1 rings (SSSR count). The van der Waals surface area contributed by atoms with Gasteiger partial charge in [0.05, 0.1) is 0 Å². The Morgan fingerprint density at radius 3 is 2.33 bits per heavy atom. The fraction of sp³-hybridized carbons (Fsp3) is 0.538. The second-order valence-electron chi connectivity index (χ2n) is 4.41. The van der Waals surface area contributed by atoms with Crippen molar-refractivity contribution in [2.45, 2.75) is 45.8 Å². The van der Waals surface area contributed by atoms with E-state index < -0.39 is 0 Å². The lowest BCUT2D eigenvalue weighted by Crippen LogP contribution is -2.33. The standard InChI is InChI=1S/C13H21NO/c1-9(2)12-6-5-7-13(8-12)15-11(4)10(3)14/h5-11H,14H2,1-4H3. The third-order valence-corrected chi connectivity index (χ3v) is 2.59. The smallest absolute Gasteiger partial charge is 0.120 e. The zero-order valence-corrected chi connectivity index (χ0v) is 10.0. The molecule has 0 heterocycles. The van der Waals surface area contributed by atoms with E-state index in [1.54, 1.807) is 0 Å². The average molecular weight is 207 g/mol. The summed E-state index contributed by atoms with van der Waals surface area (Å²) in [6.45, 7) is 8.30. The number of rotatable bonds is 4. The van der Waals surface area contributed by atoms with Crippen molar-refractivity contribution in [3.63, 3.8) is 0 Å². The molecule has 84 valence electrons. The van der Waals surface area contributed by atoms with E-state index in [-0.39, 0.29) is 12.1 Å². The van der Waals surface area contributed by atoms with Gasteiger partial charge in [-0.05, 0) is 37.5 Å². The van der Waals surface area contributed by atoms with Crippen molar-refractivity contribution in [1.82, 2.24) is 0 Å². The van der Waals surface area contributed by atoms with Gasteiger partial charge in [-0.3, -0.25) is 0 Å². The Morgan fingerprint density at radius 1 is 1.13 bits per heavy atom. The first-order chi connectivity index (χ1) is 7.00. The largest absolute Gasteiger partial charge is 0.489 e. The molecule has 0 spiro atoms. The Balaban J connectivity index is 2.73. The molecule has 1 aromatic carbocycles. The van der Waals surface area contributed by atoms with Crippen LogP contribution in [0.1, 0.15) is 39.2 Å². The van der Waals surface area contributed by atoms with Gasteiger partial charge in [0.25, 0.3) is 0 Å². The summed E-state index contributed by atoms with van der Waals surface area (Å²) in [5.74, 6) is 1.44. The van der Waals surface area contributed by atoms with Gasteiger partial charge in [-0.25, -0.2) is 0 Å². The minimum Gasteiger partial charge on any atom is -0.489 e. The van der Waals surface area contributed by atoms with Crippen LogP contribution in [0.15, 0.2) is 24.3 Å². The molecule has 15 heavy (non-hydrogen) atoms. The predicted molar refractivity (Wildman–Crippen MR) is 64.3 cm³/mol. The van der Waals surface area contributed by atoms with E-state index in [9.17, 15) is 0 Å². The highest BCUT2D eigenvalue weighted by molar-refractivity contribution is 5.30. The fourth-order valence-electron chi connectivity index (χ4n) is 1.27. The average Bonchev–Trinajstić information content (AvgIpc) is 2.18. The predicted octanol–water partition coefficient (Wildman–Crippen LogP) is 2.92. The molecule has 0 aliphatic heterocycles. The Kier molecular flexibility index (Phi) is 4.15. The summed E-state index contributed by atoms with van der Waals surface area (Å²) in [7, 11) is 0. The molecular weight excluding hydrogens is 186 g/mol. The molecule has 0 radical (unpaired) electrons. The monoisotopic (exact) mass is 207 g/mol. The number of ether oxygens (including phenoxy) is 1. The minimum atomic E-state index is 0.0485. The van der Waals surface area contributed by atoms with Gasteiger partial charge in [-0.2, -0.15) is 0 Å². The third-order valence-electron chi connectivity index (χ3n) is 2.59. The Bertz CT molecular complexity index is 307. The van der Waals surface area contributed by atoms with E-state index in [4.69, 9.17) is 10.5 Å². The zero-order chi connectivity index (χ0) is 11.4. The molecule has 1 aromatic rings. The molecule has 0 fully saturated rings. The van der Waals surface area contributed by atoms with Crippen LogP contribution in [0.2, 0.25) is 0 Å². The summed E-state index contributed by atoms with van der Waals surface area (Å²) in [6, 6.07) is 8.26. The lowest BCUT2D eigenvalue weighted by atomic mass is 10.0. The Labute approximate surface area is 92.4 Å². The summed E-state index contributed by atoms with van der Waals surface area (Å²) in [5, 5.41) is 0. The van der Waals surface area contributed by atoms with Gasteiger partial charge in [-0.15, -0.1) is 0 Å². The van der Waals surface area contributed by atoms with Gasteiger partial charge in [0.2, 0.25) is 0 Å². The summed E-state index contributed by atoms with van der Waals surface area (Å²) in [5.41, 5.74) is 7.05. The zero-order valence-electron chi connectivity index (χ0n) is 10.0. The lowest BCUT2D eigenvalue weighted by Gasteiger charge is -2.18. The molecule has 2 N–H and O–H groups in total. The molecule has 0 amide bonds. The van der Waals surface area contributed by atoms with Crippen LogP contribution in [-0.4, -0.2) is 12.1 Å². The van der Waals surface area contributed by atoms with E-state index >= 15 is 0 Å². The molecule has 0 bridgehead atoms. The molecule has 0 saturated heterocycles. The molecule has 2 unspecified atom stereocenters. The topological polar surface area (TPSA) is 35.2 Å². The highest BCUT2D eigenvalue weighted by Gasteiger charge is 2.09. The van der Waals surface area contributed by atoms with Gasteiger partial charge in [0, 0.05) is 6.04 Å². The van der Waals surface area contributed by atoms with Crippen molar-refractivity contribution in [2.24, 2.45) is 5.73 Å². The SMILES string of the molecule is CC(C)c1cccc(OC(C)C(C)N)c1. The van der Waals surface area contributed by atoms with Crippen LogP contribution in [0, 0.1) is 0 Å². The van der Waals surface area contributed by atoms with Crippen LogP contribution < -0.4 is 10.5 Å². The third kappa shape index (κ3) is 3.56. The van der Waals surface area contributed by atoms with Crippen LogP contribution in [0.3, 0.4) is 0 Å². The molecular formula is C13H21NO. The van der Waals surface area contributed by atoms with Crippen molar-refractivity contribution >= 4 is 0 Å². The Hall–Kier alpha value is -1.02. The van der Waals surface area contributed by atoms with Gasteiger partial charge in [0.15, 0.2) is 0 Å². The van der Waals surface area contributed by atoms with Crippen molar-refractivity contribution < 1.29 is 4.74 Å². The normalized spacial score (nSPS) is 15.1. The first-order valence-corrected chi connectivity index (χ1v) is 5.53. The van der Waals surface area contributed by atoms with E-state index in [0.717, 1.165) is 5.75 Å². The van der Waals surface area contributed by atoms with Crippen LogP contribution in [0.25, 0.3) is 0 Å². The molecule has 0 saturated carbocycles. The summed E-state index contributed by atoms with van der Waals surface area (Å²) >= 11 is 0. The number of benzene rings is 1. The van der Waals surface area contributed by atoms with E-state index in [1.807, 2.05) is 26.0 Å². The van der Waals surface area contributed by atoms with Gasteiger partial charge < -0.3 is 10.5 Å². The van der Waals surface area contributed by atoms with Gasteiger partial charge in [-0.1, -0.05) is 26.0 Å². The maximum absolute atomic E-state index is 5.76. The summed E-state index contributed by atoms with van der Waals surface area (Å²) in [4.78, 5) is 0. The molecule has 2 nitrogen and oxygen atoms in total. The quantitative estimate of drug-likeness (QED) is 0.824. The van der Waals surface area contributed by atoms with E-state index in [0.29, 0.717) is 5.92 Å². The Morgan fingerprint density at radius 2 is 1.80 bits per heavy atom. The van der Waals surface area contributed by atoms with Crippen LogP contribution >= 0.6 is 0 Å². The molecule has 0 aromatic heterocycles. The van der Waals surface area contributed by atoms with Crippen molar-refractivity contribution in [3.8, 4) is 5.75 Å². The summed E-state index contributed by atoms with van der Waals surface area (Å²) in [6.07, 6.45) is 0.0485. The van der Waals surface area contributed by atoms with Crippen LogP contribution in [-0.2, 0) is 0 Å². The number of hydrogen-bond acceptors (Lipinski definition) is 2.